The first-order valence-electron chi connectivity index (χ1n) is 19.1. The van der Waals surface area contributed by atoms with Gasteiger partial charge in [0.05, 0.1) is 23.9 Å². The number of methoxy groups -OCH3 is 1. The number of benzene rings is 5. The molecule has 7 rings (SSSR count). The molecule has 0 bridgehead atoms. The zero-order valence-corrected chi connectivity index (χ0v) is 36.0. The Morgan fingerprint density at radius 2 is 1.53 bits per heavy atom. The number of hydrogen-bond acceptors (Lipinski definition) is 8. The molecule has 0 saturated heterocycles. The van der Waals surface area contributed by atoms with E-state index in [1.54, 1.807) is 30.2 Å². The number of carbonyl (C=O) groups is 1. The van der Waals surface area contributed by atoms with Crippen molar-refractivity contribution < 1.29 is 19.0 Å². The Bertz CT molecular complexity index is 2200. The average molecular weight is 837 g/mol. The molecule has 0 saturated carbocycles. The van der Waals surface area contributed by atoms with E-state index in [4.69, 9.17) is 19.2 Å². The number of aromatic nitrogens is 1. The van der Waals surface area contributed by atoms with Gasteiger partial charge in [0.2, 0.25) is 5.91 Å². The Labute approximate surface area is 354 Å². The van der Waals surface area contributed by atoms with Crippen LogP contribution in [0.4, 0.5) is 0 Å². The van der Waals surface area contributed by atoms with Crippen LogP contribution >= 0.6 is 31.1 Å². The van der Waals surface area contributed by atoms with Crippen LogP contribution in [-0.2, 0) is 35.2 Å². The van der Waals surface area contributed by atoms with E-state index in [-0.39, 0.29) is 13.3 Å². The molecule has 0 radical (unpaired) electrons. The molecule has 298 valence electrons. The third kappa shape index (κ3) is 9.89. The summed E-state index contributed by atoms with van der Waals surface area (Å²) in [7, 11) is 4.24. The molecule has 0 unspecified atom stereocenters. The third-order valence-electron chi connectivity index (χ3n) is 10.2. The minimum absolute atomic E-state index is 0. The van der Waals surface area contributed by atoms with Gasteiger partial charge in [-0.2, -0.15) is 0 Å². The molecule has 10 heteroatoms. The lowest BCUT2D eigenvalue weighted by molar-refractivity contribution is -0.136. The summed E-state index contributed by atoms with van der Waals surface area (Å²) in [5.74, 6) is 3.41. The summed E-state index contributed by atoms with van der Waals surface area (Å²) in [6.07, 6.45) is 3.43. The van der Waals surface area contributed by atoms with E-state index < -0.39 is 5.41 Å². The maximum Gasteiger partial charge on any atom is 0.238 e. The largest absolute Gasteiger partial charge is 0.496 e. The van der Waals surface area contributed by atoms with Gasteiger partial charge in [0.15, 0.2) is 4.34 Å². The second kappa shape index (κ2) is 20.9. The van der Waals surface area contributed by atoms with Crippen molar-refractivity contribution >= 4 is 59.0 Å². The van der Waals surface area contributed by atoms with E-state index in [9.17, 15) is 0 Å². The average Bonchev–Trinajstić information content (AvgIpc) is 3.77. The number of thioether (sulfide) groups is 1. The Hall–Kier alpha value is -4.27. The van der Waals surface area contributed by atoms with Crippen molar-refractivity contribution in [2.45, 2.75) is 76.8 Å². The number of fused-ring (bicyclic) bond motifs is 4. The summed E-state index contributed by atoms with van der Waals surface area (Å²) < 4.78 is 20.0. The van der Waals surface area contributed by atoms with E-state index in [2.05, 4.69) is 117 Å². The zero-order chi connectivity index (χ0) is 39.5. The summed E-state index contributed by atoms with van der Waals surface area (Å²) in [6, 6.07) is 37.4. The van der Waals surface area contributed by atoms with Crippen LogP contribution in [-0.4, -0.2) is 41.8 Å². The smallest absolute Gasteiger partial charge is 0.238 e. The van der Waals surface area contributed by atoms with Gasteiger partial charge in [-0.25, -0.2) is 4.98 Å². The number of amides is 1. The van der Waals surface area contributed by atoms with Crippen molar-refractivity contribution in [1.82, 2.24) is 9.88 Å². The molecule has 6 aromatic rings. The molecule has 0 spiro atoms. The van der Waals surface area contributed by atoms with Crippen molar-refractivity contribution in [3.8, 4) is 28.4 Å². The number of rotatable bonds is 17. The lowest BCUT2D eigenvalue weighted by atomic mass is 9.73. The Morgan fingerprint density at radius 3 is 2.19 bits per heavy atom. The highest BCUT2D eigenvalue weighted by molar-refractivity contribution is 8.01. The fourth-order valence-corrected chi connectivity index (χ4v) is 9.75. The SMILES string of the molecule is C.CCCN(Cc1ccc(OCc2ccc(C)cc2)cc1OC)C(=O)C1(CCCCSc2nc3ccc(OCC)cc3s2)c2ccccc2-c2ccccc21.P=S. The van der Waals surface area contributed by atoms with E-state index in [0.717, 1.165) is 90.9 Å². The minimum atomic E-state index is -0.789. The van der Waals surface area contributed by atoms with Gasteiger partial charge in [0.1, 0.15) is 29.3 Å². The maximum absolute atomic E-state index is 15.4. The van der Waals surface area contributed by atoms with E-state index in [1.807, 2.05) is 37.3 Å². The number of ether oxygens (including phenoxy) is 3. The zero-order valence-electron chi connectivity index (χ0n) is 32.5. The molecule has 1 aliphatic carbocycles. The summed E-state index contributed by atoms with van der Waals surface area (Å²) in [4.78, 5) is 22.4. The van der Waals surface area contributed by atoms with Crippen molar-refractivity contribution in [3.63, 3.8) is 0 Å². The topological polar surface area (TPSA) is 60.9 Å². The molecular weight excluding hydrogens is 784 g/mol. The number of carbonyl (C=O) groups excluding carboxylic acids is 1. The van der Waals surface area contributed by atoms with E-state index >= 15 is 4.79 Å². The molecule has 1 heterocycles. The first-order valence-corrected chi connectivity index (χ1v) is 22.6. The van der Waals surface area contributed by atoms with Crippen molar-refractivity contribution in [2.24, 2.45) is 0 Å². The van der Waals surface area contributed by atoms with Crippen molar-refractivity contribution in [3.05, 3.63) is 137 Å². The van der Waals surface area contributed by atoms with E-state index in [0.29, 0.717) is 32.1 Å². The monoisotopic (exact) mass is 836 g/mol. The molecule has 0 N–H and O–H groups in total. The fourth-order valence-electron chi connectivity index (χ4n) is 7.58. The summed E-state index contributed by atoms with van der Waals surface area (Å²) in [5, 5.41) is 0. The van der Waals surface area contributed by atoms with Crippen LogP contribution in [0.25, 0.3) is 21.3 Å². The molecule has 5 aromatic carbocycles. The number of nitrogens with zero attached hydrogens (tertiary/aromatic N) is 2. The number of thiazole rings is 1. The molecule has 57 heavy (non-hydrogen) atoms. The Balaban J connectivity index is 0.00000204. The number of hydrogen-bond donors (Lipinski definition) is 0. The van der Waals surface area contributed by atoms with Gasteiger partial charge in [-0.15, -0.1) is 11.3 Å². The predicted molar refractivity (Wildman–Crippen MR) is 245 cm³/mol. The maximum atomic E-state index is 15.4. The number of aryl methyl sites for hydroxylation is 1. The van der Waals surface area contributed by atoms with Crippen LogP contribution in [0, 0.1) is 6.92 Å². The standard InChI is InChI=1S/C46H48N2O4S2.CH4.HPS/c1-5-26-48(30-34-21-22-35(28-42(34)50-4)52-31-33-19-17-32(3)18-20-33)44(49)46(39-15-9-7-13-37(39)38-14-8-10-16-40(38)46)25-11-12-27-53-45-47-41-24-23-36(51-6-2)29-43(41)54-45;;1-2/h7-10,13-24,28-29H,5-6,11-12,25-27,30-31H2,1-4H3;1H4;1H. The number of unbranched alkanes of at least 4 members (excludes halogenated alkanes) is 1. The second-order valence-electron chi connectivity index (χ2n) is 13.8. The first-order chi connectivity index (χ1) is 27.4. The van der Waals surface area contributed by atoms with Gasteiger partial charge < -0.3 is 19.1 Å². The molecule has 1 aliphatic rings. The molecule has 0 atom stereocenters. The van der Waals surface area contributed by atoms with Crippen LogP contribution in [0.2, 0.25) is 0 Å². The molecule has 1 amide bonds. The van der Waals surface area contributed by atoms with Gasteiger partial charge in [0, 0.05) is 30.5 Å². The molecular formula is C47H53N2O4PS3. The molecule has 1 aromatic heterocycles. The lowest BCUT2D eigenvalue weighted by Crippen LogP contribution is -2.47. The first kappa shape index (κ1) is 43.8. The highest BCUT2D eigenvalue weighted by atomic mass is 32.4. The minimum Gasteiger partial charge on any atom is -0.496 e. The van der Waals surface area contributed by atoms with Crippen LogP contribution in [0.15, 0.2) is 114 Å². The molecule has 0 fully saturated rings. The second-order valence-corrected chi connectivity index (χ2v) is 16.2. The quantitative estimate of drug-likeness (QED) is 0.0515. The van der Waals surface area contributed by atoms with Gasteiger partial charge in [0.25, 0.3) is 0 Å². The Kier molecular flexibility index (Phi) is 16.1. The van der Waals surface area contributed by atoms with Gasteiger partial charge in [-0.1, -0.05) is 123 Å². The van der Waals surface area contributed by atoms with Gasteiger partial charge in [-0.05, 0) is 99.3 Å². The molecule has 0 aliphatic heterocycles. The van der Waals surface area contributed by atoms with Crippen molar-refractivity contribution in [1.29, 1.82) is 0 Å². The predicted octanol–water partition coefficient (Wildman–Crippen LogP) is 12.5. The summed E-state index contributed by atoms with van der Waals surface area (Å²) in [5.41, 5.74) is 8.02. The van der Waals surface area contributed by atoms with E-state index in [1.165, 1.54) is 5.56 Å². The van der Waals surface area contributed by atoms with Crippen LogP contribution < -0.4 is 14.2 Å². The highest BCUT2D eigenvalue weighted by Crippen LogP contribution is 2.52. The fraction of sp³-hybridized carbons (Fsp3) is 0.319. The van der Waals surface area contributed by atoms with Gasteiger partial charge >= 0.3 is 0 Å². The van der Waals surface area contributed by atoms with Crippen LogP contribution in [0.1, 0.15) is 74.8 Å². The normalized spacial score (nSPS) is 12.1. The summed E-state index contributed by atoms with van der Waals surface area (Å²) >= 11 is 7.40. The Morgan fingerprint density at radius 1 is 0.860 bits per heavy atom. The summed E-state index contributed by atoms with van der Waals surface area (Å²) in [6.45, 7) is 8.42. The van der Waals surface area contributed by atoms with Gasteiger partial charge in [-0.3, -0.25) is 4.79 Å². The molecule has 6 nitrogen and oxygen atoms in total. The van der Waals surface area contributed by atoms with Crippen molar-refractivity contribution in [2.75, 3.05) is 26.0 Å². The van der Waals surface area contributed by atoms with Crippen LogP contribution in [0.5, 0.6) is 17.2 Å². The third-order valence-corrected chi connectivity index (χ3v) is 12.4. The lowest BCUT2D eigenvalue weighted by Gasteiger charge is -2.37. The van der Waals surface area contributed by atoms with Crippen LogP contribution in [0.3, 0.4) is 0 Å². The highest BCUT2D eigenvalue weighted by Gasteiger charge is 2.50.